The normalized spacial score (nSPS) is 9.65. The highest BCUT2D eigenvalue weighted by molar-refractivity contribution is 6.26. The van der Waals surface area contributed by atoms with Gasteiger partial charge in [-0.3, -0.25) is 9.59 Å². The summed E-state index contributed by atoms with van der Waals surface area (Å²) in [5.41, 5.74) is 4.72. The quantitative estimate of drug-likeness (QED) is 0.408. The van der Waals surface area contributed by atoms with E-state index in [9.17, 15) is 9.59 Å². The fraction of sp³-hybridized carbons (Fsp3) is 0.105. The van der Waals surface area contributed by atoms with Gasteiger partial charge in [0.25, 0.3) is 11.8 Å². The molecule has 0 heterocycles. The van der Waals surface area contributed by atoms with Crippen LogP contribution in [0.3, 0.4) is 0 Å². The minimum Gasteiger partial charge on any atom is -0.321 e. The van der Waals surface area contributed by atoms with E-state index in [1.165, 1.54) is 4.90 Å². The SMILES string of the molecule is C=C=C(C(=O)Nc1ccccc1)C(=O)N(C)c1ccc(C)cc1. The first-order chi connectivity index (χ1) is 11.0. The van der Waals surface area contributed by atoms with Crippen molar-refractivity contribution in [3.63, 3.8) is 0 Å². The first-order valence-corrected chi connectivity index (χ1v) is 7.14. The number of hydrogen-bond donors (Lipinski definition) is 1. The summed E-state index contributed by atoms with van der Waals surface area (Å²) >= 11 is 0. The minimum absolute atomic E-state index is 0.128. The van der Waals surface area contributed by atoms with Crippen molar-refractivity contribution in [2.75, 3.05) is 17.3 Å². The minimum atomic E-state index is -0.532. The highest BCUT2D eigenvalue weighted by atomic mass is 16.2. The molecule has 0 aliphatic carbocycles. The van der Waals surface area contributed by atoms with E-state index in [2.05, 4.69) is 17.6 Å². The fourth-order valence-corrected chi connectivity index (χ4v) is 2.02. The smallest absolute Gasteiger partial charge is 0.271 e. The van der Waals surface area contributed by atoms with E-state index in [-0.39, 0.29) is 5.57 Å². The highest BCUT2D eigenvalue weighted by Crippen LogP contribution is 2.16. The van der Waals surface area contributed by atoms with Gasteiger partial charge in [0.2, 0.25) is 0 Å². The molecule has 4 heteroatoms. The molecule has 0 saturated heterocycles. The van der Waals surface area contributed by atoms with E-state index >= 15 is 0 Å². The fourth-order valence-electron chi connectivity index (χ4n) is 2.02. The van der Waals surface area contributed by atoms with Gasteiger partial charge in [-0.25, -0.2) is 0 Å². The molecule has 0 atom stereocenters. The molecule has 0 aromatic heterocycles. The molecule has 0 fully saturated rings. The van der Waals surface area contributed by atoms with Crippen LogP contribution in [-0.4, -0.2) is 18.9 Å². The number of carbonyl (C=O) groups is 2. The zero-order valence-electron chi connectivity index (χ0n) is 13.2. The zero-order chi connectivity index (χ0) is 16.8. The number of amides is 2. The first kappa shape index (κ1) is 16.3. The molecule has 0 aliphatic heterocycles. The third-order valence-corrected chi connectivity index (χ3v) is 3.38. The number of aryl methyl sites for hydroxylation is 1. The summed E-state index contributed by atoms with van der Waals surface area (Å²) in [7, 11) is 1.61. The summed E-state index contributed by atoms with van der Waals surface area (Å²) < 4.78 is 0. The first-order valence-electron chi connectivity index (χ1n) is 7.14. The topological polar surface area (TPSA) is 49.4 Å². The van der Waals surface area contributed by atoms with E-state index in [0.29, 0.717) is 11.4 Å². The monoisotopic (exact) mass is 306 g/mol. The largest absolute Gasteiger partial charge is 0.321 e. The number of benzene rings is 2. The molecule has 0 saturated carbocycles. The second-order valence-electron chi connectivity index (χ2n) is 5.07. The zero-order valence-corrected chi connectivity index (χ0v) is 13.2. The standard InChI is InChI=1S/C19H18N2O2/c1-4-17(18(22)20-15-8-6-5-7-9-15)19(23)21(3)16-12-10-14(2)11-13-16/h5-13H,1H2,2-3H3,(H,20,22). The van der Waals surface area contributed by atoms with Gasteiger partial charge in [0.15, 0.2) is 0 Å². The predicted molar refractivity (Wildman–Crippen MR) is 92.3 cm³/mol. The Bertz CT molecular complexity index is 758. The van der Waals surface area contributed by atoms with Gasteiger partial charge in [-0.1, -0.05) is 42.5 Å². The molecule has 2 aromatic carbocycles. The molecule has 4 nitrogen and oxygen atoms in total. The van der Waals surface area contributed by atoms with Crippen LogP contribution in [0.4, 0.5) is 11.4 Å². The van der Waals surface area contributed by atoms with Crippen LogP contribution < -0.4 is 10.2 Å². The lowest BCUT2D eigenvalue weighted by Gasteiger charge is -2.18. The molecule has 116 valence electrons. The Morgan fingerprint density at radius 2 is 1.65 bits per heavy atom. The third kappa shape index (κ3) is 3.96. The summed E-state index contributed by atoms with van der Waals surface area (Å²) in [5, 5.41) is 2.66. The van der Waals surface area contributed by atoms with Gasteiger partial charge in [0.05, 0.1) is 0 Å². The lowest BCUT2D eigenvalue weighted by Crippen LogP contribution is -2.32. The molecule has 0 aliphatic rings. The van der Waals surface area contributed by atoms with Gasteiger partial charge in [-0.2, -0.15) is 0 Å². The Morgan fingerprint density at radius 3 is 2.22 bits per heavy atom. The number of para-hydroxylation sites is 1. The number of nitrogens with zero attached hydrogens (tertiary/aromatic N) is 1. The number of rotatable bonds is 4. The Morgan fingerprint density at radius 1 is 1.04 bits per heavy atom. The maximum atomic E-state index is 12.5. The van der Waals surface area contributed by atoms with Crippen molar-refractivity contribution in [1.82, 2.24) is 0 Å². The molecule has 0 spiro atoms. The van der Waals surface area contributed by atoms with Crippen LogP contribution in [0.1, 0.15) is 5.56 Å². The van der Waals surface area contributed by atoms with Crippen LogP contribution in [-0.2, 0) is 9.59 Å². The van der Waals surface area contributed by atoms with Crippen molar-refractivity contribution in [3.8, 4) is 0 Å². The number of carbonyl (C=O) groups excluding carboxylic acids is 2. The van der Waals surface area contributed by atoms with Crippen molar-refractivity contribution in [2.24, 2.45) is 0 Å². The summed E-state index contributed by atoms with van der Waals surface area (Å²) in [4.78, 5) is 26.2. The van der Waals surface area contributed by atoms with Gasteiger partial charge in [-0.05, 0) is 31.2 Å². The van der Waals surface area contributed by atoms with Gasteiger partial charge in [-0.15, -0.1) is 5.73 Å². The predicted octanol–water partition coefficient (Wildman–Crippen LogP) is 3.31. The Kier molecular flexibility index (Phi) is 5.13. The summed E-state index contributed by atoms with van der Waals surface area (Å²) in [6, 6.07) is 16.4. The van der Waals surface area contributed by atoms with Crippen molar-refractivity contribution >= 4 is 23.2 Å². The molecule has 0 unspecified atom stereocenters. The third-order valence-electron chi connectivity index (χ3n) is 3.38. The van der Waals surface area contributed by atoms with E-state index in [4.69, 9.17) is 0 Å². The Hall–Kier alpha value is -3.10. The number of anilines is 2. The Labute approximate surface area is 135 Å². The second-order valence-corrected chi connectivity index (χ2v) is 5.07. The van der Waals surface area contributed by atoms with Crippen LogP contribution in [0.15, 0.2) is 72.5 Å². The van der Waals surface area contributed by atoms with Crippen LogP contribution in [0.2, 0.25) is 0 Å². The van der Waals surface area contributed by atoms with Crippen molar-refractivity contribution in [3.05, 3.63) is 78.0 Å². The maximum Gasteiger partial charge on any atom is 0.271 e. The molecular formula is C19H18N2O2. The molecule has 0 bridgehead atoms. The average molecular weight is 306 g/mol. The molecule has 2 rings (SSSR count). The van der Waals surface area contributed by atoms with Crippen molar-refractivity contribution in [2.45, 2.75) is 6.92 Å². The van der Waals surface area contributed by atoms with Crippen molar-refractivity contribution in [1.29, 1.82) is 0 Å². The van der Waals surface area contributed by atoms with Crippen LogP contribution >= 0.6 is 0 Å². The Balaban J connectivity index is 2.16. The lowest BCUT2D eigenvalue weighted by molar-refractivity contribution is -0.119. The van der Waals surface area contributed by atoms with Gasteiger partial charge in [0, 0.05) is 18.4 Å². The maximum absolute atomic E-state index is 12.5. The molecule has 0 radical (unpaired) electrons. The second kappa shape index (κ2) is 7.25. The van der Waals surface area contributed by atoms with Crippen LogP contribution in [0, 0.1) is 6.92 Å². The number of nitrogens with one attached hydrogen (secondary N) is 1. The highest BCUT2D eigenvalue weighted by Gasteiger charge is 2.22. The molecule has 2 amide bonds. The lowest BCUT2D eigenvalue weighted by atomic mass is 10.2. The van der Waals surface area contributed by atoms with Crippen LogP contribution in [0.5, 0.6) is 0 Å². The van der Waals surface area contributed by atoms with Gasteiger partial charge < -0.3 is 10.2 Å². The summed E-state index contributed by atoms with van der Waals surface area (Å²) in [6.07, 6.45) is 0. The van der Waals surface area contributed by atoms with E-state index < -0.39 is 11.8 Å². The van der Waals surface area contributed by atoms with E-state index in [1.54, 1.807) is 31.3 Å². The van der Waals surface area contributed by atoms with Gasteiger partial charge in [0.1, 0.15) is 5.57 Å². The molecule has 2 aromatic rings. The number of hydrogen-bond acceptors (Lipinski definition) is 2. The summed E-state index contributed by atoms with van der Waals surface area (Å²) in [5.74, 6) is -0.993. The average Bonchev–Trinajstić information content (AvgIpc) is 2.56. The van der Waals surface area contributed by atoms with Crippen molar-refractivity contribution < 1.29 is 9.59 Å². The van der Waals surface area contributed by atoms with E-state index in [0.717, 1.165) is 5.56 Å². The number of likely N-dealkylation sites (N-methyl/N-ethyl adjacent to an activating group) is 1. The molecule has 23 heavy (non-hydrogen) atoms. The van der Waals surface area contributed by atoms with Crippen LogP contribution in [0.25, 0.3) is 0 Å². The summed E-state index contributed by atoms with van der Waals surface area (Å²) in [6.45, 7) is 5.43. The van der Waals surface area contributed by atoms with Gasteiger partial charge >= 0.3 is 0 Å². The van der Waals surface area contributed by atoms with E-state index in [1.807, 2.05) is 37.3 Å². The molecular weight excluding hydrogens is 288 g/mol. The molecule has 1 N–H and O–H groups in total.